The molecule has 32 heavy (non-hydrogen) atoms. The first-order valence-corrected chi connectivity index (χ1v) is 12.2. The highest BCUT2D eigenvalue weighted by atomic mass is 32.1. The van der Waals surface area contributed by atoms with E-state index in [1.807, 2.05) is 18.2 Å². The number of likely N-dealkylation sites (N-methyl/N-ethyl adjacent to an activating group) is 1. The number of amides is 1. The van der Waals surface area contributed by atoms with Crippen molar-refractivity contribution >= 4 is 17.2 Å². The quantitative estimate of drug-likeness (QED) is 0.536. The van der Waals surface area contributed by atoms with Crippen molar-refractivity contribution in [1.82, 2.24) is 24.6 Å². The van der Waals surface area contributed by atoms with Crippen molar-refractivity contribution in [2.45, 2.75) is 52.2 Å². The summed E-state index contributed by atoms with van der Waals surface area (Å²) in [6, 6.07) is 10.7. The minimum Gasteiger partial charge on any atom is -0.343 e. The number of hydrogen-bond donors (Lipinski definition) is 0. The first-order chi connectivity index (χ1) is 15.3. The minimum atomic E-state index is -0.000476. The van der Waals surface area contributed by atoms with Crippen LogP contribution < -0.4 is 0 Å². The van der Waals surface area contributed by atoms with Crippen molar-refractivity contribution < 1.29 is 4.79 Å². The highest BCUT2D eigenvalue weighted by molar-refractivity contribution is 7.09. The van der Waals surface area contributed by atoms with Crippen molar-refractivity contribution in [2.24, 2.45) is 5.92 Å². The first-order valence-electron chi connectivity index (χ1n) is 11.3. The topological polar surface area (TPSA) is 54.3 Å². The normalized spacial score (nSPS) is 15.9. The number of aromatic nitrogens is 3. The Balaban J connectivity index is 1.51. The Labute approximate surface area is 194 Å². The SMILES string of the molecule is CC(C)Cn1nc(C(=O)N(C)C)c2c1CCC(N(C)Cc1nc(-c3ccccc3)cs1)C2. The lowest BCUT2D eigenvalue weighted by Crippen LogP contribution is -2.37. The molecule has 170 valence electrons. The number of carbonyl (C=O) groups is 1. The van der Waals surface area contributed by atoms with Gasteiger partial charge in [-0.25, -0.2) is 4.98 Å². The minimum absolute atomic E-state index is 0.000476. The van der Waals surface area contributed by atoms with Gasteiger partial charge in [-0.3, -0.25) is 14.4 Å². The van der Waals surface area contributed by atoms with Crippen LogP contribution in [0.25, 0.3) is 11.3 Å². The molecule has 1 atom stereocenters. The first kappa shape index (κ1) is 22.7. The summed E-state index contributed by atoms with van der Waals surface area (Å²) in [4.78, 5) is 21.7. The second-order valence-electron chi connectivity index (χ2n) is 9.35. The molecule has 4 rings (SSSR count). The number of fused-ring (bicyclic) bond motifs is 1. The van der Waals surface area contributed by atoms with Crippen LogP contribution in [-0.4, -0.2) is 57.7 Å². The van der Waals surface area contributed by atoms with Crippen molar-refractivity contribution in [3.63, 3.8) is 0 Å². The van der Waals surface area contributed by atoms with Crippen LogP contribution in [0.1, 0.15) is 47.0 Å². The fraction of sp³-hybridized carbons (Fsp3) is 0.480. The summed E-state index contributed by atoms with van der Waals surface area (Å²) < 4.78 is 2.08. The van der Waals surface area contributed by atoms with E-state index in [4.69, 9.17) is 10.1 Å². The lowest BCUT2D eigenvalue weighted by molar-refractivity contribution is 0.0819. The molecule has 6 nitrogen and oxygen atoms in total. The Morgan fingerprint density at radius 2 is 1.97 bits per heavy atom. The fourth-order valence-corrected chi connectivity index (χ4v) is 5.26. The molecule has 1 aromatic carbocycles. The summed E-state index contributed by atoms with van der Waals surface area (Å²) in [5.41, 5.74) is 5.21. The molecule has 7 heteroatoms. The van der Waals surface area contributed by atoms with Crippen molar-refractivity contribution in [3.05, 3.63) is 57.7 Å². The zero-order valence-electron chi connectivity index (χ0n) is 19.7. The zero-order chi connectivity index (χ0) is 22.8. The molecule has 2 heterocycles. The molecule has 0 radical (unpaired) electrons. The maximum Gasteiger partial charge on any atom is 0.274 e. The predicted octanol–water partition coefficient (Wildman–Crippen LogP) is 4.35. The van der Waals surface area contributed by atoms with Gasteiger partial charge < -0.3 is 4.90 Å². The molecule has 0 saturated carbocycles. The third kappa shape index (κ3) is 4.79. The van der Waals surface area contributed by atoms with E-state index in [1.165, 1.54) is 5.69 Å². The van der Waals surface area contributed by atoms with Crippen LogP contribution in [0.4, 0.5) is 0 Å². The van der Waals surface area contributed by atoms with Gasteiger partial charge in [0.15, 0.2) is 5.69 Å². The average molecular weight is 452 g/mol. The van der Waals surface area contributed by atoms with Gasteiger partial charge in [0, 0.05) is 48.9 Å². The van der Waals surface area contributed by atoms with Gasteiger partial charge in [0.1, 0.15) is 5.01 Å². The van der Waals surface area contributed by atoms with Crippen LogP contribution in [0.2, 0.25) is 0 Å². The van der Waals surface area contributed by atoms with Gasteiger partial charge in [-0.05, 0) is 32.2 Å². The highest BCUT2D eigenvalue weighted by Gasteiger charge is 2.31. The molecule has 0 spiro atoms. The van der Waals surface area contributed by atoms with Gasteiger partial charge in [0.2, 0.25) is 0 Å². The van der Waals surface area contributed by atoms with Crippen LogP contribution in [0, 0.1) is 5.92 Å². The Bertz CT molecular complexity index is 1070. The maximum atomic E-state index is 12.8. The molecular formula is C25H33N5OS. The van der Waals surface area contributed by atoms with Crippen LogP contribution >= 0.6 is 11.3 Å². The maximum absolute atomic E-state index is 12.8. The molecule has 2 aromatic heterocycles. The molecule has 3 aromatic rings. The number of carbonyl (C=O) groups excluding carboxylic acids is 1. The van der Waals surface area contributed by atoms with Gasteiger partial charge in [-0.1, -0.05) is 44.2 Å². The van der Waals surface area contributed by atoms with Crippen molar-refractivity contribution in [3.8, 4) is 11.3 Å². The molecular weight excluding hydrogens is 418 g/mol. The lowest BCUT2D eigenvalue weighted by atomic mass is 9.90. The monoisotopic (exact) mass is 451 g/mol. The molecule has 0 saturated heterocycles. The Hall–Kier alpha value is -2.51. The van der Waals surface area contributed by atoms with Gasteiger partial charge in [-0.15, -0.1) is 11.3 Å². The third-order valence-electron chi connectivity index (χ3n) is 6.10. The van der Waals surface area contributed by atoms with E-state index in [-0.39, 0.29) is 5.91 Å². The number of rotatable bonds is 7. The molecule has 1 aliphatic carbocycles. The zero-order valence-corrected chi connectivity index (χ0v) is 20.5. The molecule has 1 amide bonds. The number of hydrogen-bond acceptors (Lipinski definition) is 5. The van der Waals surface area contributed by atoms with Crippen LogP contribution in [0.3, 0.4) is 0 Å². The Kier molecular flexibility index (Phi) is 6.76. The summed E-state index contributed by atoms with van der Waals surface area (Å²) in [6.45, 7) is 6.05. The van der Waals surface area contributed by atoms with E-state index in [2.05, 4.69) is 48.0 Å². The number of thiazole rings is 1. The molecule has 0 bridgehead atoms. The van der Waals surface area contributed by atoms with E-state index in [0.717, 1.165) is 54.2 Å². The van der Waals surface area contributed by atoms with Crippen molar-refractivity contribution in [2.75, 3.05) is 21.1 Å². The second kappa shape index (κ2) is 9.55. The van der Waals surface area contributed by atoms with Crippen LogP contribution in [0.5, 0.6) is 0 Å². The summed E-state index contributed by atoms with van der Waals surface area (Å²) in [5, 5.41) is 8.03. The molecule has 0 fully saturated rings. The van der Waals surface area contributed by atoms with Gasteiger partial charge >= 0.3 is 0 Å². The van der Waals surface area contributed by atoms with E-state index >= 15 is 0 Å². The Morgan fingerprint density at radius 3 is 2.66 bits per heavy atom. The molecule has 1 aliphatic rings. The highest BCUT2D eigenvalue weighted by Crippen LogP contribution is 2.30. The largest absolute Gasteiger partial charge is 0.343 e. The van der Waals surface area contributed by atoms with Gasteiger partial charge in [0.25, 0.3) is 5.91 Å². The van der Waals surface area contributed by atoms with Gasteiger partial charge in [0.05, 0.1) is 12.2 Å². The lowest BCUT2D eigenvalue weighted by Gasteiger charge is -2.31. The van der Waals surface area contributed by atoms with E-state index in [1.54, 1.807) is 30.3 Å². The Morgan fingerprint density at radius 1 is 1.22 bits per heavy atom. The average Bonchev–Trinajstić information content (AvgIpc) is 3.38. The van der Waals surface area contributed by atoms with Crippen LogP contribution in [0.15, 0.2) is 35.7 Å². The fourth-order valence-electron chi connectivity index (χ4n) is 4.39. The van der Waals surface area contributed by atoms with Crippen LogP contribution in [-0.2, 0) is 25.9 Å². The smallest absolute Gasteiger partial charge is 0.274 e. The van der Waals surface area contributed by atoms with Gasteiger partial charge in [-0.2, -0.15) is 5.10 Å². The summed E-state index contributed by atoms with van der Waals surface area (Å²) in [7, 11) is 5.77. The summed E-state index contributed by atoms with van der Waals surface area (Å²) >= 11 is 1.72. The molecule has 0 N–H and O–H groups in total. The standard InChI is InChI=1S/C25H33N5OS/c1-17(2)14-30-22-12-11-19(13-20(22)24(27-30)25(31)28(3)4)29(5)15-23-26-21(16-32-23)18-9-7-6-8-10-18/h6-10,16-17,19H,11-15H2,1-5H3. The second-order valence-corrected chi connectivity index (χ2v) is 10.3. The summed E-state index contributed by atoms with van der Waals surface area (Å²) in [5.74, 6) is 0.491. The predicted molar refractivity (Wildman–Crippen MR) is 130 cm³/mol. The van der Waals surface area contributed by atoms with E-state index in [0.29, 0.717) is 17.7 Å². The van der Waals surface area contributed by atoms with Crippen molar-refractivity contribution in [1.29, 1.82) is 0 Å². The third-order valence-corrected chi connectivity index (χ3v) is 6.93. The number of nitrogens with zero attached hydrogens (tertiary/aromatic N) is 5. The number of benzene rings is 1. The van der Waals surface area contributed by atoms with E-state index in [9.17, 15) is 4.79 Å². The van der Waals surface area contributed by atoms with E-state index < -0.39 is 0 Å². The molecule has 1 unspecified atom stereocenters. The summed E-state index contributed by atoms with van der Waals surface area (Å²) in [6.07, 6.45) is 2.88. The molecule has 0 aliphatic heterocycles.